The van der Waals surface area contributed by atoms with Gasteiger partial charge in [-0.3, -0.25) is 0 Å². The van der Waals surface area contributed by atoms with Crippen LogP contribution in [0.4, 0.5) is 11.8 Å². The predicted octanol–water partition coefficient (Wildman–Crippen LogP) is 2.34. The second kappa shape index (κ2) is 4.45. The fourth-order valence-electron chi connectivity index (χ4n) is 1.69. The highest BCUT2D eigenvalue weighted by atomic mass is 35.5. The third-order valence-corrected chi connectivity index (χ3v) is 3.06. The number of nitrogen functional groups attached to an aromatic ring is 1. The standard InChI is InChI=1S/C11H17ClN4/c1-7(2)16(6-8-3-4-8)10-9(12)5-14-11(13)15-10/h5,7-8H,3-4,6H2,1-2H3,(H2,13,14,15). The number of hydrogen-bond acceptors (Lipinski definition) is 4. The minimum Gasteiger partial charge on any atom is -0.368 e. The van der Waals surface area contributed by atoms with Crippen LogP contribution in [-0.4, -0.2) is 22.6 Å². The van der Waals surface area contributed by atoms with Crippen LogP contribution in [0.1, 0.15) is 26.7 Å². The topological polar surface area (TPSA) is 55.0 Å². The Hall–Kier alpha value is -1.03. The SMILES string of the molecule is CC(C)N(CC1CC1)c1nc(N)ncc1Cl. The molecule has 16 heavy (non-hydrogen) atoms. The molecule has 0 aliphatic heterocycles. The van der Waals surface area contributed by atoms with E-state index in [4.69, 9.17) is 17.3 Å². The quantitative estimate of drug-likeness (QED) is 0.878. The molecule has 0 atom stereocenters. The van der Waals surface area contributed by atoms with Crippen LogP contribution in [-0.2, 0) is 0 Å². The molecule has 5 heteroatoms. The fourth-order valence-corrected chi connectivity index (χ4v) is 1.89. The summed E-state index contributed by atoms with van der Waals surface area (Å²) in [5, 5.41) is 0.573. The largest absolute Gasteiger partial charge is 0.368 e. The van der Waals surface area contributed by atoms with Gasteiger partial charge in [-0.1, -0.05) is 11.6 Å². The van der Waals surface area contributed by atoms with E-state index in [1.165, 1.54) is 12.8 Å². The molecule has 4 nitrogen and oxygen atoms in total. The van der Waals surface area contributed by atoms with Crippen molar-refractivity contribution in [3.05, 3.63) is 11.2 Å². The molecular weight excluding hydrogens is 224 g/mol. The van der Waals surface area contributed by atoms with Crippen LogP contribution in [0, 0.1) is 5.92 Å². The Morgan fingerprint density at radius 3 is 2.81 bits per heavy atom. The van der Waals surface area contributed by atoms with Crippen LogP contribution in [0.2, 0.25) is 5.02 Å². The molecular formula is C11H17ClN4. The summed E-state index contributed by atoms with van der Waals surface area (Å²) in [7, 11) is 0. The lowest BCUT2D eigenvalue weighted by Gasteiger charge is -2.28. The van der Waals surface area contributed by atoms with Crippen LogP contribution in [0.25, 0.3) is 0 Å². The Kier molecular flexibility index (Phi) is 3.19. The van der Waals surface area contributed by atoms with Gasteiger partial charge in [-0.25, -0.2) is 4.98 Å². The molecule has 1 aliphatic carbocycles. The normalized spacial score (nSPS) is 15.5. The Morgan fingerprint density at radius 2 is 2.25 bits per heavy atom. The summed E-state index contributed by atoms with van der Waals surface area (Å²) < 4.78 is 0. The molecule has 1 aliphatic rings. The molecule has 0 bridgehead atoms. The van der Waals surface area contributed by atoms with Gasteiger partial charge in [0.25, 0.3) is 0 Å². The monoisotopic (exact) mass is 240 g/mol. The van der Waals surface area contributed by atoms with Gasteiger partial charge in [0.15, 0.2) is 5.82 Å². The third kappa shape index (κ3) is 2.55. The molecule has 1 saturated carbocycles. The minimum absolute atomic E-state index is 0.279. The Morgan fingerprint density at radius 1 is 1.56 bits per heavy atom. The van der Waals surface area contributed by atoms with Crippen molar-refractivity contribution >= 4 is 23.4 Å². The zero-order valence-electron chi connectivity index (χ0n) is 9.65. The maximum Gasteiger partial charge on any atom is 0.222 e. The first-order chi connectivity index (χ1) is 7.58. The molecule has 0 amide bonds. The number of rotatable bonds is 4. The second-order valence-electron chi connectivity index (χ2n) is 4.59. The van der Waals surface area contributed by atoms with E-state index in [-0.39, 0.29) is 5.95 Å². The lowest BCUT2D eigenvalue weighted by molar-refractivity contribution is 0.636. The molecule has 0 spiro atoms. The Labute approximate surface area is 101 Å². The van der Waals surface area contributed by atoms with Gasteiger partial charge in [-0.15, -0.1) is 0 Å². The van der Waals surface area contributed by atoms with Crippen LogP contribution >= 0.6 is 11.6 Å². The van der Waals surface area contributed by atoms with Gasteiger partial charge in [-0.2, -0.15) is 4.98 Å². The van der Waals surface area contributed by atoms with E-state index in [0.717, 1.165) is 18.3 Å². The first-order valence-corrected chi connectivity index (χ1v) is 6.00. The second-order valence-corrected chi connectivity index (χ2v) is 5.00. The average Bonchev–Trinajstić information content (AvgIpc) is 3.02. The molecule has 2 rings (SSSR count). The minimum atomic E-state index is 0.279. The van der Waals surface area contributed by atoms with Crippen LogP contribution in [0.15, 0.2) is 6.20 Å². The number of nitrogens with zero attached hydrogens (tertiary/aromatic N) is 3. The number of aromatic nitrogens is 2. The zero-order chi connectivity index (χ0) is 11.7. The van der Waals surface area contributed by atoms with Crippen LogP contribution in [0.3, 0.4) is 0 Å². The fraction of sp³-hybridized carbons (Fsp3) is 0.636. The van der Waals surface area contributed by atoms with E-state index in [0.29, 0.717) is 11.1 Å². The molecule has 2 N–H and O–H groups in total. The first-order valence-electron chi connectivity index (χ1n) is 5.62. The van der Waals surface area contributed by atoms with Gasteiger partial charge in [0.2, 0.25) is 5.95 Å². The van der Waals surface area contributed by atoms with E-state index < -0.39 is 0 Å². The zero-order valence-corrected chi connectivity index (χ0v) is 10.4. The molecule has 0 unspecified atom stereocenters. The van der Waals surface area contributed by atoms with Crippen molar-refractivity contribution in [1.82, 2.24) is 9.97 Å². The van der Waals surface area contributed by atoms with Gasteiger partial charge in [0, 0.05) is 12.6 Å². The molecule has 1 aromatic heterocycles. The molecule has 0 radical (unpaired) electrons. The van der Waals surface area contributed by atoms with E-state index in [1.54, 1.807) is 6.20 Å². The number of halogens is 1. The maximum atomic E-state index is 6.12. The van der Waals surface area contributed by atoms with Gasteiger partial charge < -0.3 is 10.6 Å². The summed E-state index contributed by atoms with van der Waals surface area (Å²) in [6.07, 6.45) is 4.18. The van der Waals surface area contributed by atoms with Gasteiger partial charge in [-0.05, 0) is 32.6 Å². The number of anilines is 2. The van der Waals surface area contributed by atoms with Crippen molar-refractivity contribution < 1.29 is 0 Å². The number of hydrogen-bond donors (Lipinski definition) is 1. The first kappa shape index (κ1) is 11.5. The smallest absolute Gasteiger partial charge is 0.222 e. The summed E-state index contributed by atoms with van der Waals surface area (Å²) >= 11 is 6.12. The lowest BCUT2D eigenvalue weighted by Crippen LogP contribution is -2.34. The van der Waals surface area contributed by atoms with Crippen molar-refractivity contribution in [1.29, 1.82) is 0 Å². The Bertz CT molecular complexity index is 376. The Balaban J connectivity index is 2.25. The molecule has 1 heterocycles. The van der Waals surface area contributed by atoms with Gasteiger partial charge in [0.1, 0.15) is 5.02 Å². The van der Waals surface area contributed by atoms with Crippen molar-refractivity contribution in [3.63, 3.8) is 0 Å². The van der Waals surface area contributed by atoms with Crippen LogP contribution in [0.5, 0.6) is 0 Å². The van der Waals surface area contributed by atoms with Crippen molar-refractivity contribution in [2.24, 2.45) is 5.92 Å². The molecule has 88 valence electrons. The van der Waals surface area contributed by atoms with Crippen molar-refractivity contribution in [3.8, 4) is 0 Å². The highest BCUT2D eigenvalue weighted by molar-refractivity contribution is 6.32. The maximum absolute atomic E-state index is 6.12. The van der Waals surface area contributed by atoms with E-state index >= 15 is 0 Å². The third-order valence-electron chi connectivity index (χ3n) is 2.79. The average molecular weight is 241 g/mol. The van der Waals surface area contributed by atoms with Crippen molar-refractivity contribution in [2.45, 2.75) is 32.7 Å². The van der Waals surface area contributed by atoms with Gasteiger partial charge in [0.05, 0.1) is 6.20 Å². The van der Waals surface area contributed by atoms with E-state index in [9.17, 15) is 0 Å². The highest BCUT2D eigenvalue weighted by Crippen LogP contribution is 2.33. The number of nitrogens with two attached hydrogens (primary N) is 1. The molecule has 1 fully saturated rings. The van der Waals surface area contributed by atoms with Crippen molar-refractivity contribution in [2.75, 3.05) is 17.2 Å². The van der Waals surface area contributed by atoms with E-state index in [2.05, 4.69) is 28.7 Å². The molecule has 0 saturated heterocycles. The predicted molar refractivity (Wildman–Crippen MR) is 66.7 cm³/mol. The molecule has 1 aromatic rings. The summed E-state index contributed by atoms with van der Waals surface area (Å²) in [6, 6.07) is 0.368. The summed E-state index contributed by atoms with van der Waals surface area (Å²) in [5.41, 5.74) is 5.60. The van der Waals surface area contributed by atoms with Crippen LogP contribution < -0.4 is 10.6 Å². The molecule has 0 aromatic carbocycles. The highest BCUT2D eigenvalue weighted by Gasteiger charge is 2.27. The van der Waals surface area contributed by atoms with E-state index in [1.807, 2.05) is 0 Å². The van der Waals surface area contributed by atoms with Gasteiger partial charge >= 0.3 is 0 Å². The summed E-state index contributed by atoms with van der Waals surface area (Å²) in [6.45, 7) is 5.28. The summed E-state index contributed by atoms with van der Waals surface area (Å²) in [5.74, 6) is 1.83. The summed E-state index contributed by atoms with van der Waals surface area (Å²) in [4.78, 5) is 10.3. The lowest BCUT2D eigenvalue weighted by atomic mass is 10.2.